The van der Waals surface area contributed by atoms with Crippen LogP contribution in [0.2, 0.25) is 0 Å². The molecule has 0 saturated carbocycles. The third kappa shape index (κ3) is 2.94. The highest BCUT2D eigenvalue weighted by molar-refractivity contribution is 4.87. The maximum absolute atomic E-state index is 5.80. The molecule has 3 unspecified atom stereocenters. The van der Waals surface area contributed by atoms with Gasteiger partial charge in [-0.25, -0.2) is 0 Å². The van der Waals surface area contributed by atoms with Crippen LogP contribution in [0.3, 0.4) is 0 Å². The molecule has 2 saturated heterocycles. The normalized spacial score (nSPS) is 36.8. The van der Waals surface area contributed by atoms with Crippen molar-refractivity contribution in [3.05, 3.63) is 0 Å². The molecule has 4 heteroatoms. The number of hydrogen-bond donors (Lipinski definition) is 2. The van der Waals surface area contributed by atoms with Crippen molar-refractivity contribution in [2.24, 2.45) is 5.73 Å². The second-order valence-electron chi connectivity index (χ2n) is 5.18. The van der Waals surface area contributed by atoms with Gasteiger partial charge in [0.25, 0.3) is 0 Å². The molecule has 0 radical (unpaired) electrons. The molecular formula is C12H24N2O2. The van der Waals surface area contributed by atoms with Gasteiger partial charge in [0.05, 0.1) is 11.7 Å². The van der Waals surface area contributed by atoms with Crippen LogP contribution >= 0.6 is 0 Å². The van der Waals surface area contributed by atoms with E-state index >= 15 is 0 Å². The average Bonchev–Trinajstić information content (AvgIpc) is 2.91. The molecule has 2 heterocycles. The molecule has 0 aromatic carbocycles. The zero-order valence-corrected chi connectivity index (χ0v) is 10.2. The van der Waals surface area contributed by atoms with E-state index in [1.54, 1.807) is 0 Å². The van der Waals surface area contributed by atoms with E-state index in [1.165, 1.54) is 6.42 Å². The summed E-state index contributed by atoms with van der Waals surface area (Å²) in [6.45, 7) is 5.48. The number of rotatable bonds is 5. The largest absolute Gasteiger partial charge is 0.377 e. The van der Waals surface area contributed by atoms with Gasteiger partial charge in [-0.2, -0.15) is 0 Å². The van der Waals surface area contributed by atoms with Crippen LogP contribution in [0, 0.1) is 0 Å². The summed E-state index contributed by atoms with van der Waals surface area (Å²) in [5.41, 5.74) is 5.80. The van der Waals surface area contributed by atoms with Crippen LogP contribution in [0.25, 0.3) is 0 Å². The van der Waals surface area contributed by atoms with Gasteiger partial charge in [-0.3, -0.25) is 0 Å². The molecule has 4 nitrogen and oxygen atoms in total. The van der Waals surface area contributed by atoms with E-state index in [9.17, 15) is 0 Å². The quantitative estimate of drug-likeness (QED) is 0.725. The van der Waals surface area contributed by atoms with E-state index in [2.05, 4.69) is 12.2 Å². The molecule has 0 aliphatic carbocycles. The highest BCUT2D eigenvalue weighted by atomic mass is 16.5. The summed E-state index contributed by atoms with van der Waals surface area (Å²) < 4.78 is 11.4. The van der Waals surface area contributed by atoms with E-state index in [0.29, 0.717) is 12.6 Å². The molecule has 0 spiro atoms. The van der Waals surface area contributed by atoms with Gasteiger partial charge in [-0.15, -0.1) is 0 Å². The Labute approximate surface area is 97.9 Å². The van der Waals surface area contributed by atoms with Crippen LogP contribution < -0.4 is 11.1 Å². The zero-order chi connectivity index (χ0) is 11.4. The monoisotopic (exact) mass is 228 g/mol. The molecule has 0 aromatic heterocycles. The van der Waals surface area contributed by atoms with Crippen LogP contribution in [0.15, 0.2) is 0 Å². The first-order chi connectivity index (χ1) is 7.73. The lowest BCUT2D eigenvalue weighted by molar-refractivity contribution is 0.0109. The molecule has 3 N–H and O–H groups in total. The minimum absolute atomic E-state index is 0.00598. The van der Waals surface area contributed by atoms with Gasteiger partial charge in [0.1, 0.15) is 0 Å². The summed E-state index contributed by atoms with van der Waals surface area (Å²) in [6, 6.07) is 0.281. The van der Waals surface area contributed by atoms with E-state index in [0.717, 1.165) is 39.0 Å². The fraction of sp³-hybridized carbons (Fsp3) is 1.00. The predicted octanol–water partition coefficient (Wildman–Crippen LogP) is 0.651. The van der Waals surface area contributed by atoms with Crippen molar-refractivity contribution >= 4 is 0 Å². The molecular weight excluding hydrogens is 204 g/mol. The van der Waals surface area contributed by atoms with E-state index in [4.69, 9.17) is 15.2 Å². The molecule has 0 bridgehead atoms. The van der Waals surface area contributed by atoms with Crippen LogP contribution in [-0.4, -0.2) is 44.1 Å². The standard InChI is InChI=1S/C12H24N2O2/c1-12(5-3-7-16-12)9-14-10(8-13)11-4-2-6-15-11/h10-11,14H,2-9,13H2,1H3. The molecule has 2 aliphatic rings. The topological polar surface area (TPSA) is 56.5 Å². The summed E-state index contributed by atoms with van der Waals surface area (Å²) >= 11 is 0. The number of nitrogens with one attached hydrogen (secondary N) is 1. The lowest BCUT2D eigenvalue weighted by Crippen LogP contribution is -2.50. The van der Waals surface area contributed by atoms with Gasteiger partial charge in [-0.1, -0.05) is 0 Å². The highest BCUT2D eigenvalue weighted by Crippen LogP contribution is 2.24. The van der Waals surface area contributed by atoms with Crippen molar-refractivity contribution in [3.8, 4) is 0 Å². The Morgan fingerprint density at radius 2 is 2.31 bits per heavy atom. The number of hydrogen-bond acceptors (Lipinski definition) is 4. The predicted molar refractivity (Wildman–Crippen MR) is 63.4 cm³/mol. The summed E-state index contributed by atoms with van der Waals surface area (Å²) in [7, 11) is 0. The molecule has 16 heavy (non-hydrogen) atoms. The lowest BCUT2D eigenvalue weighted by atomic mass is 10.0. The zero-order valence-electron chi connectivity index (χ0n) is 10.2. The second-order valence-corrected chi connectivity index (χ2v) is 5.18. The van der Waals surface area contributed by atoms with Crippen molar-refractivity contribution in [3.63, 3.8) is 0 Å². The Bertz CT molecular complexity index is 211. The minimum atomic E-state index is 0.00598. The Morgan fingerprint density at radius 3 is 2.88 bits per heavy atom. The van der Waals surface area contributed by atoms with E-state index in [-0.39, 0.29) is 11.6 Å². The number of nitrogens with two attached hydrogens (primary N) is 1. The molecule has 3 atom stereocenters. The van der Waals surface area contributed by atoms with E-state index < -0.39 is 0 Å². The maximum Gasteiger partial charge on any atom is 0.0779 e. The van der Waals surface area contributed by atoms with Crippen molar-refractivity contribution in [2.75, 3.05) is 26.3 Å². The Morgan fingerprint density at radius 1 is 1.44 bits per heavy atom. The van der Waals surface area contributed by atoms with Crippen molar-refractivity contribution in [2.45, 2.75) is 50.4 Å². The smallest absolute Gasteiger partial charge is 0.0779 e. The highest BCUT2D eigenvalue weighted by Gasteiger charge is 2.32. The first kappa shape index (κ1) is 12.3. The Kier molecular flexibility index (Phi) is 4.19. The first-order valence-corrected chi connectivity index (χ1v) is 6.42. The molecule has 2 aliphatic heterocycles. The molecule has 2 fully saturated rings. The first-order valence-electron chi connectivity index (χ1n) is 6.42. The molecule has 0 aromatic rings. The summed E-state index contributed by atoms with van der Waals surface area (Å²) in [4.78, 5) is 0. The molecule has 2 rings (SSSR count). The third-order valence-electron chi connectivity index (χ3n) is 3.71. The van der Waals surface area contributed by atoms with Crippen LogP contribution in [0.1, 0.15) is 32.6 Å². The average molecular weight is 228 g/mol. The summed E-state index contributed by atoms with van der Waals surface area (Å²) in [5, 5.41) is 3.52. The second kappa shape index (κ2) is 5.45. The molecule has 94 valence electrons. The Balaban J connectivity index is 1.77. The summed E-state index contributed by atoms with van der Waals surface area (Å²) in [5.74, 6) is 0. The van der Waals surface area contributed by atoms with Gasteiger partial charge in [0, 0.05) is 32.3 Å². The fourth-order valence-corrected chi connectivity index (χ4v) is 2.61. The minimum Gasteiger partial charge on any atom is -0.377 e. The maximum atomic E-state index is 5.80. The van der Waals surface area contributed by atoms with Gasteiger partial charge in [-0.05, 0) is 32.6 Å². The number of ether oxygens (including phenoxy) is 2. The lowest BCUT2D eigenvalue weighted by Gasteiger charge is -2.29. The SMILES string of the molecule is CC1(CNC(CN)C2CCCO2)CCCO1. The van der Waals surface area contributed by atoms with Crippen molar-refractivity contribution in [1.29, 1.82) is 0 Å². The van der Waals surface area contributed by atoms with Crippen LogP contribution in [0.5, 0.6) is 0 Å². The van der Waals surface area contributed by atoms with Crippen molar-refractivity contribution in [1.82, 2.24) is 5.32 Å². The van der Waals surface area contributed by atoms with Gasteiger partial charge in [0.2, 0.25) is 0 Å². The van der Waals surface area contributed by atoms with E-state index in [1.807, 2.05) is 0 Å². The van der Waals surface area contributed by atoms with Gasteiger partial charge >= 0.3 is 0 Å². The fourth-order valence-electron chi connectivity index (χ4n) is 2.61. The van der Waals surface area contributed by atoms with Gasteiger partial charge < -0.3 is 20.5 Å². The Hall–Kier alpha value is -0.160. The third-order valence-corrected chi connectivity index (χ3v) is 3.71. The van der Waals surface area contributed by atoms with Crippen molar-refractivity contribution < 1.29 is 9.47 Å². The molecule has 0 amide bonds. The van der Waals surface area contributed by atoms with Crippen LogP contribution in [0.4, 0.5) is 0 Å². The van der Waals surface area contributed by atoms with Gasteiger partial charge in [0.15, 0.2) is 0 Å². The summed E-state index contributed by atoms with van der Waals surface area (Å²) in [6.07, 6.45) is 4.91. The van der Waals surface area contributed by atoms with Crippen LogP contribution in [-0.2, 0) is 9.47 Å².